The van der Waals surface area contributed by atoms with Crippen LogP contribution in [0.3, 0.4) is 0 Å². The molecule has 2 aliphatic heterocycles. The lowest BCUT2D eigenvalue weighted by molar-refractivity contribution is -0.345. The molecule has 1 aromatic carbocycles. The van der Waals surface area contributed by atoms with Crippen LogP contribution in [0.5, 0.6) is 5.75 Å². The topological polar surface area (TPSA) is 196 Å². The average molecular weight is 569 g/mol. The van der Waals surface area contributed by atoms with Crippen LogP contribution in [-0.4, -0.2) is 110 Å². The highest BCUT2D eigenvalue weighted by Crippen LogP contribution is 2.34. The second-order valence-electron chi connectivity index (χ2n) is 10.6. The van der Waals surface area contributed by atoms with Crippen LogP contribution in [-0.2, 0) is 27.1 Å². The highest BCUT2D eigenvalue weighted by Gasteiger charge is 2.50. The lowest BCUT2D eigenvalue weighted by Gasteiger charge is -2.44. The number of allylic oxidation sites excluding steroid dienone is 4. The summed E-state index contributed by atoms with van der Waals surface area (Å²) in [5.41, 5.74) is 3.03. The Morgan fingerprint density at radius 3 is 1.98 bits per heavy atom. The number of ether oxygens (including phenoxy) is 4. The number of carboxylic acid groups (broad SMARTS) is 1. The van der Waals surface area contributed by atoms with Crippen LogP contribution in [0.25, 0.3) is 0 Å². The number of aromatic carboxylic acids is 1. The van der Waals surface area contributed by atoms with E-state index in [1.54, 1.807) is 0 Å². The maximum Gasteiger partial charge on any atom is 0.335 e. The van der Waals surface area contributed by atoms with Crippen molar-refractivity contribution in [2.45, 2.75) is 95.8 Å². The normalized spacial score (nSPS) is 32.3. The summed E-state index contributed by atoms with van der Waals surface area (Å²) >= 11 is 0. The quantitative estimate of drug-likeness (QED) is 0.188. The molecule has 2 saturated heterocycles. The minimum absolute atomic E-state index is 0.0500. The zero-order chi connectivity index (χ0) is 29.7. The smallest absolute Gasteiger partial charge is 0.335 e. The van der Waals surface area contributed by atoms with Gasteiger partial charge in [0.05, 0.1) is 18.8 Å². The van der Waals surface area contributed by atoms with Gasteiger partial charge in [-0.15, -0.1) is 0 Å². The van der Waals surface area contributed by atoms with Gasteiger partial charge in [-0.25, -0.2) is 4.79 Å². The summed E-state index contributed by atoms with van der Waals surface area (Å²) in [6.45, 7) is 6.55. The molecular weight excluding hydrogens is 528 g/mol. The first-order valence-electron chi connectivity index (χ1n) is 13.1. The third-order valence-electron chi connectivity index (χ3n) is 6.75. The monoisotopic (exact) mass is 568 g/mol. The predicted molar refractivity (Wildman–Crippen MR) is 141 cm³/mol. The second kappa shape index (κ2) is 14.0. The minimum atomic E-state index is -1.69. The maximum atomic E-state index is 11.9. The largest absolute Gasteiger partial charge is 0.478 e. The van der Waals surface area contributed by atoms with Crippen molar-refractivity contribution in [1.29, 1.82) is 0 Å². The van der Waals surface area contributed by atoms with Gasteiger partial charge in [-0.3, -0.25) is 0 Å². The van der Waals surface area contributed by atoms with E-state index in [1.807, 2.05) is 39.8 Å². The van der Waals surface area contributed by atoms with E-state index in [1.165, 1.54) is 12.1 Å². The van der Waals surface area contributed by atoms with Crippen LogP contribution >= 0.6 is 0 Å². The van der Waals surface area contributed by atoms with Gasteiger partial charge in [-0.1, -0.05) is 23.3 Å². The Balaban J connectivity index is 2.06. The van der Waals surface area contributed by atoms with Crippen LogP contribution in [0.4, 0.5) is 0 Å². The molecule has 12 nitrogen and oxygen atoms in total. The summed E-state index contributed by atoms with van der Waals surface area (Å²) in [5.74, 6) is -0.860. The summed E-state index contributed by atoms with van der Waals surface area (Å²) in [6.07, 6.45) is -9.28. The van der Waals surface area contributed by atoms with Crippen molar-refractivity contribution in [2.24, 2.45) is 0 Å². The third kappa shape index (κ3) is 7.66. The maximum absolute atomic E-state index is 11.9. The van der Waals surface area contributed by atoms with Gasteiger partial charge < -0.3 is 54.7 Å². The van der Waals surface area contributed by atoms with E-state index in [-0.39, 0.29) is 17.9 Å². The number of rotatable bonds is 10. The number of hydrogen-bond acceptors (Lipinski definition) is 11. The number of aliphatic hydroxyl groups is 6. The molecule has 40 heavy (non-hydrogen) atoms. The molecule has 2 aliphatic rings. The molecule has 0 unspecified atom stereocenters. The number of benzene rings is 1. The van der Waals surface area contributed by atoms with Crippen molar-refractivity contribution in [3.8, 4) is 5.75 Å². The molecule has 224 valence electrons. The lowest BCUT2D eigenvalue weighted by atomic mass is 9.97. The first-order chi connectivity index (χ1) is 18.8. The van der Waals surface area contributed by atoms with E-state index < -0.39 is 67.9 Å². The summed E-state index contributed by atoms with van der Waals surface area (Å²) < 4.78 is 23.1. The Bertz CT molecular complexity index is 1040. The molecule has 0 saturated carbocycles. The van der Waals surface area contributed by atoms with E-state index in [4.69, 9.17) is 18.9 Å². The summed E-state index contributed by atoms with van der Waals surface area (Å²) in [5, 5.41) is 71.2. The van der Waals surface area contributed by atoms with E-state index >= 15 is 0 Å². The second-order valence-corrected chi connectivity index (χ2v) is 10.6. The van der Waals surface area contributed by atoms with Gasteiger partial charge in [0.15, 0.2) is 12.4 Å². The predicted octanol–water partition coefficient (Wildman–Crippen LogP) is 0.0442. The van der Waals surface area contributed by atoms with Crippen molar-refractivity contribution < 1.29 is 59.5 Å². The summed E-state index contributed by atoms with van der Waals surface area (Å²) in [6, 6.07) is 2.95. The molecule has 2 heterocycles. The highest BCUT2D eigenvalue weighted by molar-refractivity contribution is 5.88. The fourth-order valence-electron chi connectivity index (χ4n) is 4.43. The van der Waals surface area contributed by atoms with Crippen LogP contribution in [0, 0.1) is 0 Å². The zero-order valence-electron chi connectivity index (χ0n) is 23.0. The van der Waals surface area contributed by atoms with Crippen LogP contribution in [0.2, 0.25) is 0 Å². The minimum Gasteiger partial charge on any atom is -0.478 e. The number of carboxylic acids is 1. The molecular formula is C28H40O12. The number of carbonyl (C=O) groups is 1. The molecule has 2 fully saturated rings. The van der Waals surface area contributed by atoms with Crippen LogP contribution in [0.15, 0.2) is 35.4 Å². The van der Waals surface area contributed by atoms with Gasteiger partial charge in [-0.05, 0) is 63.8 Å². The van der Waals surface area contributed by atoms with E-state index in [0.29, 0.717) is 24.0 Å². The van der Waals surface area contributed by atoms with Gasteiger partial charge in [0.2, 0.25) is 6.29 Å². The van der Waals surface area contributed by atoms with Crippen molar-refractivity contribution in [3.63, 3.8) is 0 Å². The van der Waals surface area contributed by atoms with Gasteiger partial charge in [-0.2, -0.15) is 0 Å². The highest BCUT2D eigenvalue weighted by atomic mass is 16.8. The molecule has 0 aromatic heterocycles. The average Bonchev–Trinajstić information content (AvgIpc) is 2.90. The standard InChI is InChI=1S/C28H40O12/c1-13(2)5-7-15-9-17(26(35)36)10-16(8-6-14(3)4)24(15)39-28-25(22(33)21(32)19(11-29)38-28)40-27-23(34)20(31)18(30)12-37-27/h5-6,9-10,18-23,25,27-34H,7-8,11-12H2,1-4H3,(H,35,36)/t18-,19+,20-,21+,22-,23+,25+,27+,28-/m0/s1. The molecule has 1 aromatic rings. The van der Waals surface area contributed by atoms with Gasteiger partial charge in [0.25, 0.3) is 0 Å². The Morgan fingerprint density at radius 2 is 1.48 bits per heavy atom. The fourth-order valence-corrected chi connectivity index (χ4v) is 4.43. The molecule has 7 N–H and O–H groups in total. The molecule has 0 aliphatic carbocycles. The molecule has 0 radical (unpaired) electrons. The fraction of sp³-hybridized carbons (Fsp3) is 0.607. The van der Waals surface area contributed by atoms with Gasteiger partial charge >= 0.3 is 5.97 Å². The van der Waals surface area contributed by atoms with Crippen molar-refractivity contribution >= 4 is 5.97 Å². The van der Waals surface area contributed by atoms with Gasteiger partial charge in [0, 0.05) is 0 Å². The Labute approximate surface area is 232 Å². The molecule has 0 amide bonds. The molecule has 12 heteroatoms. The third-order valence-corrected chi connectivity index (χ3v) is 6.75. The van der Waals surface area contributed by atoms with Crippen molar-refractivity contribution in [2.75, 3.05) is 13.2 Å². The molecule has 0 bridgehead atoms. The van der Waals surface area contributed by atoms with E-state index in [9.17, 15) is 40.5 Å². The zero-order valence-corrected chi connectivity index (χ0v) is 23.0. The summed E-state index contributed by atoms with van der Waals surface area (Å²) in [7, 11) is 0. The van der Waals surface area contributed by atoms with Crippen molar-refractivity contribution in [1.82, 2.24) is 0 Å². The van der Waals surface area contributed by atoms with Gasteiger partial charge in [0.1, 0.15) is 42.4 Å². The van der Waals surface area contributed by atoms with E-state index in [2.05, 4.69) is 0 Å². The first-order valence-corrected chi connectivity index (χ1v) is 13.1. The number of aliphatic hydroxyl groups excluding tert-OH is 6. The van der Waals surface area contributed by atoms with Crippen LogP contribution in [0.1, 0.15) is 49.2 Å². The summed E-state index contributed by atoms with van der Waals surface area (Å²) in [4.78, 5) is 11.9. The lowest BCUT2D eigenvalue weighted by Crippen LogP contribution is -2.63. The SMILES string of the molecule is CC(C)=CCc1cc(C(=O)O)cc(CC=C(C)C)c1O[C@@H]1O[C@H](CO)[C@@H](O)[C@H](O)[C@H]1O[C@H]1OC[C@H](O)[C@H](O)[C@H]1O. The Morgan fingerprint density at radius 1 is 0.900 bits per heavy atom. The molecule has 0 spiro atoms. The van der Waals surface area contributed by atoms with E-state index in [0.717, 1.165) is 11.1 Å². The molecule has 9 atom stereocenters. The van der Waals surface area contributed by atoms with Crippen molar-refractivity contribution in [3.05, 3.63) is 52.1 Å². The van der Waals surface area contributed by atoms with Crippen LogP contribution < -0.4 is 4.74 Å². The first kappa shape index (κ1) is 32.1. The Kier molecular flexibility index (Phi) is 11.2. The number of hydrogen-bond donors (Lipinski definition) is 7. The Hall–Kier alpha value is -2.39. The molecule has 3 rings (SSSR count).